The minimum Gasteiger partial charge on any atom is -0.497 e. The zero-order chi connectivity index (χ0) is 14.7. The molecule has 1 aliphatic rings. The maximum Gasteiger partial charge on any atom is 0.119 e. The third kappa shape index (κ3) is 2.88. The van der Waals surface area contributed by atoms with Gasteiger partial charge in [-0.25, -0.2) is 0 Å². The Labute approximate surface area is 125 Å². The van der Waals surface area contributed by atoms with Gasteiger partial charge in [-0.1, -0.05) is 18.2 Å². The molecule has 0 fully saturated rings. The molecule has 1 atom stereocenters. The van der Waals surface area contributed by atoms with Gasteiger partial charge in [0.15, 0.2) is 0 Å². The minimum absolute atomic E-state index is 0.198. The fourth-order valence-electron chi connectivity index (χ4n) is 2.91. The molecule has 1 aliphatic heterocycles. The van der Waals surface area contributed by atoms with Gasteiger partial charge in [-0.15, -0.1) is 0 Å². The summed E-state index contributed by atoms with van der Waals surface area (Å²) in [5, 5.41) is 3.60. The molecule has 2 aromatic rings. The molecule has 3 heteroatoms. The van der Waals surface area contributed by atoms with Crippen molar-refractivity contribution < 1.29 is 9.47 Å². The molecule has 0 aliphatic carbocycles. The molecule has 0 aromatic heterocycles. The number of fused-ring (bicyclic) bond motifs is 1. The van der Waals surface area contributed by atoms with Crippen LogP contribution in [0.5, 0.6) is 11.5 Å². The van der Waals surface area contributed by atoms with Gasteiger partial charge in [-0.2, -0.15) is 0 Å². The molecule has 1 unspecified atom stereocenters. The average molecular weight is 283 g/mol. The number of hydrogen-bond acceptors (Lipinski definition) is 3. The molecular weight excluding hydrogens is 262 g/mol. The van der Waals surface area contributed by atoms with Crippen LogP contribution in [0.15, 0.2) is 42.5 Å². The Morgan fingerprint density at radius 3 is 2.86 bits per heavy atom. The summed E-state index contributed by atoms with van der Waals surface area (Å²) in [6, 6.07) is 14.9. The maximum absolute atomic E-state index is 5.62. The molecule has 3 rings (SSSR count). The summed E-state index contributed by atoms with van der Waals surface area (Å²) in [6.45, 7) is 3.68. The predicted molar refractivity (Wildman–Crippen MR) is 84.2 cm³/mol. The van der Waals surface area contributed by atoms with Crippen molar-refractivity contribution in [2.45, 2.75) is 19.4 Å². The van der Waals surface area contributed by atoms with E-state index in [1.165, 1.54) is 16.7 Å². The van der Waals surface area contributed by atoms with Crippen LogP contribution in [-0.4, -0.2) is 20.3 Å². The van der Waals surface area contributed by atoms with E-state index in [9.17, 15) is 0 Å². The van der Waals surface area contributed by atoms with Crippen LogP contribution in [0.1, 0.15) is 29.7 Å². The van der Waals surface area contributed by atoms with Gasteiger partial charge >= 0.3 is 0 Å². The smallest absolute Gasteiger partial charge is 0.119 e. The van der Waals surface area contributed by atoms with Gasteiger partial charge in [0.05, 0.1) is 19.8 Å². The molecule has 3 nitrogen and oxygen atoms in total. The van der Waals surface area contributed by atoms with Gasteiger partial charge < -0.3 is 14.8 Å². The van der Waals surface area contributed by atoms with Crippen molar-refractivity contribution in [1.82, 2.24) is 5.32 Å². The first-order valence-corrected chi connectivity index (χ1v) is 7.44. The van der Waals surface area contributed by atoms with Crippen molar-refractivity contribution in [3.63, 3.8) is 0 Å². The molecule has 21 heavy (non-hydrogen) atoms. The van der Waals surface area contributed by atoms with Crippen molar-refractivity contribution in [1.29, 1.82) is 0 Å². The van der Waals surface area contributed by atoms with E-state index >= 15 is 0 Å². The molecule has 0 radical (unpaired) electrons. The van der Waals surface area contributed by atoms with Gasteiger partial charge in [0.2, 0.25) is 0 Å². The summed E-state index contributed by atoms with van der Waals surface area (Å²) in [4.78, 5) is 0. The van der Waals surface area contributed by atoms with E-state index in [1.807, 2.05) is 19.1 Å². The zero-order valence-electron chi connectivity index (χ0n) is 12.6. The van der Waals surface area contributed by atoms with Gasteiger partial charge in [0.25, 0.3) is 0 Å². The number of ether oxygens (including phenoxy) is 2. The molecule has 1 heterocycles. The van der Waals surface area contributed by atoms with Crippen molar-refractivity contribution in [2.24, 2.45) is 0 Å². The Kier molecular flexibility index (Phi) is 4.11. The van der Waals surface area contributed by atoms with Crippen molar-refractivity contribution in [3.8, 4) is 11.5 Å². The lowest BCUT2D eigenvalue weighted by molar-refractivity contribution is 0.339. The maximum atomic E-state index is 5.62. The van der Waals surface area contributed by atoms with E-state index in [0.29, 0.717) is 6.61 Å². The molecular formula is C18H21NO2. The summed E-state index contributed by atoms with van der Waals surface area (Å²) < 4.78 is 11.0. The Morgan fingerprint density at radius 1 is 1.14 bits per heavy atom. The summed E-state index contributed by atoms with van der Waals surface area (Å²) in [7, 11) is 1.71. The highest BCUT2D eigenvalue weighted by atomic mass is 16.5. The molecule has 1 N–H and O–H groups in total. The molecule has 0 saturated carbocycles. The standard InChI is InChI=1S/C18H21NO2/c1-3-21-16-6-4-5-14(11-16)18-17-12-15(20-2)8-7-13(17)9-10-19-18/h4-8,11-12,18-19H,3,9-10H2,1-2H3. The number of rotatable bonds is 4. The third-order valence-electron chi connectivity index (χ3n) is 3.91. The Hall–Kier alpha value is -2.00. The fraction of sp³-hybridized carbons (Fsp3) is 0.333. The third-order valence-corrected chi connectivity index (χ3v) is 3.91. The van der Waals surface area contributed by atoms with E-state index in [0.717, 1.165) is 24.5 Å². The van der Waals surface area contributed by atoms with E-state index in [4.69, 9.17) is 9.47 Å². The first-order chi connectivity index (χ1) is 10.3. The summed E-state index contributed by atoms with van der Waals surface area (Å²) in [5.41, 5.74) is 3.92. The molecule has 0 amide bonds. The van der Waals surface area contributed by atoms with Crippen LogP contribution >= 0.6 is 0 Å². The van der Waals surface area contributed by atoms with Gasteiger partial charge in [0, 0.05) is 6.54 Å². The second kappa shape index (κ2) is 6.19. The fourth-order valence-corrected chi connectivity index (χ4v) is 2.91. The quantitative estimate of drug-likeness (QED) is 0.933. The van der Waals surface area contributed by atoms with Crippen molar-refractivity contribution in [3.05, 3.63) is 59.2 Å². The first kappa shape index (κ1) is 14.0. The highest BCUT2D eigenvalue weighted by Gasteiger charge is 2.22. The monoisotopic (exact) mass is 283 g/mol. The molecule has 0 saturated heterocycles. The summed E-state index contributed by atoms with van der Waals surface area (Å²) in [5.74, 6) is 1.83. The number of hydrogen-bond donors (Lipinski definition) is 1. The topological polar surface area (TPSA) is 30.5 Å². The van der Waals surface area contributed by atoms with E-state index in [2.05, 4.69) is 35.6 Å². The number of methoxy groups -OCH3 is 1. The second-order valence-electron chi connectivity index (χ2n) is 5.21. The lowest BCUT2D eigenvalue weighted by Crippen LogP contribution is -2.30. The predicted octanol–water partition coefficient (Wildman–Crippen LogP) is 3.33. The van der Waals surface area contributed by atoms with Crippen LogP contribution in [0.2, 0.25) is 0 Å². The zero-order valence-corrected chi connectivity index (χ0v) is 12.6. The summed E-state index contributed by atoms with van der Waals surface area (Å²) >= 11 is 0. The average Bonchev–Trinajstić information content (AvgIpc) is 2.54. The van der Waals surface area contributed by atoms with Crippen LogP contribution in [0.4, 0.5) is 0 Å². The normalized spacial score (nSPS) is 17.1. The van der Waals surface area contributed by atoms with Gasteiger partial charge in [0.1, 0.15) is 11.5 Å². The molecule has 0 bridgehead atoms. The van der Waals surface area contributed by atoms with Crippen LogP contribution in [0, 0.1) is 0 Å². The Balaban J connectivity index is 1.99. The second-order valence-corrected chi connectivity index (χ2v) is 5.21. The highest BCUT2D eigenvalue weighted by Crippen LogP contribution is 2.32. The SMILES string of the molecule is CCOc1cccc(C2NCCc3ccc(OC)cc32)c1. The van der Waals surface area contributed by atoms with E-state index in [-0.39, 0.29) is 6.04 Å². The molecule has 0 spiro atoms. The van der Waals surface area contributed by atoms with Crippen molar-refractivity contribution in [2.75, 3.05) is 20.3 Å². The van der Waals surface area contributed by atoms with Crippen LogP contribution in [0.25, 0.3) is 0 Å². The first-order valence-electron chi connectivity index (χ1n) is 7.44. The lowest BCUT2D eigenvalue weighted by Gasteiger charge is -2.28. The van der Waals surface area contributed by atoms with E-state index in [1.54, 1.807) is 7.11 Å². The van der Waals surface area contributed by atoms with Gasteiger partial charge in [-0.05, 0) is 54.3 Å². The van der Waals surface area contributed by atoms with Gasteiger partial charge in [-0.3, -0.25) is 0 Å². The van der Waals surface area contributed by atoms with Crippen LogP contribution in [-0.2, 0) is 6.42 Å². The largest absolute Gasteiger partial charge is 0.497 e. The Morgan fingerprint density at radius 2 is 2.05 bits per heavy atom. The van der Waals surface area contributed by atoms with Crippen LogP contribution in [0.3, 0.4) is 0 Å². The number of benzene rings is 2. The van der Waals surface area contributed by atoms with E-state index < -0.39 is 0 Å². The van der Waals surface area contributed by atoms with Crippen LogP contribution < -0.4 is 14.8 Å². The van der Waals surface area contributed by atoms with Crippen molar-refractivity contribution >= 4 is 0 Å². The highest BCUT2D eigenvalue weighted by molar-refractivity contribution is 5.45. The minimum atomic E-state index is 0.198. The lowest BCUT2D eigenvalue weighted by atomic mass is 9.89. The summed E-state index contributed by atoms with van der Waals surface area (Å²) in [6.07, 6.45) is 1.06. The Bertz CT molecular complexity index is 624. The number of nitrogens with one attached hydrogen (secondary N) is 1. The molecule has 2 aromatic carbocycles. The molecule has 110 valence electrons.